The summed E-state index contributed by atoms with van der Waals surface area (Å²) in [5.74, 6) is -2.14. The number of esters is 1. The van der Waals surface area contributed by atoms with E-state index in [2.05, 4.69) is 4.74 Å². The predicted octanol–water partition coefficient (Wildman–Crippen LogP) is 1.83. The highest BCUT2D eigenvalue weighted by molar-refractivity contribution is 5.70. The lowest BCUT2D eigenvalue weighted by Gasteiger charge is -2.14. The van der Waals surface area contributed by atoms with Crippen molar-refractivity contribution < 1.29 is 29.3 Å². The monoisotopic (exact) mass is 308 g/mol. The molecular weight excluding hydrogens is 288 g/mol. The van der Waals surface area contributed by atoms with Gasteiger partial charge in [-0.05, 0) is 36.0 Å². The number of benzene rings is 1. The molecule has 0 saturated heterocycles. The number of carboxylic acid groups (broad SMARTS) is 2. The van der Waals surface area contributed by atoms with E-state index < -0.39 is 11.9 Å². The van der Waals surface area contributed by atoms with Crippen molar-refractivity contribution in [1.82, 2.24) is 0 Å². The lowest BCUT2D eigenvalue weighted by molar-refractivity contribution is -0.140. The molecule has 0 aliphatic rings. The third kappa shape index (κ3) is 5.95. The van der Waals surface area contributed by atoms with E-state index in [4.69, 9.17) is 10.2 Å². The normalized spacial score (nSPS) is 10.2. The minimum atomic E-state index is -0.910. The predicted molar refractivity (Wildman–Crippen MR) is 78.7 cm³/mol. The van der Waals surface area contributed by atoms with Crippen molar-refractivity contribution in [2.75, 3.05) is 7.11 Å². The number of rotatable bonds is 9. The average molecular weight is 308 g/mol. The van der Waals surface area contributed by atoms with E-state index in [9.17, 15) is 14.4 Å². The Hall–Kier alpha value is -2.37. The second-order valence-corrected chi connectivity index (χ2v) is 4.92. The van der Waals surface area contributed by atoms with Crippen LogP contribution in [0.2, 0.25) is 0 Å². The first-order valence-corrected chi connectivity index (χ1v) is 7.04. The molecule has 0 aliphatic heterocycles. The molecule has 0 bridgehead atoms. The van der Waals surface area contributed by atoms with Crippen LogP contribution in [0.3, 0.4) is 0 Å². The number of ether oxygens (including phenoxy) is 1. The van der Waals surface area contributed by atoms with E-state index in [-0.39, 0.29) is 25.2 Å². The second kappa shape index (κ2) is 8.81. The van der Waals surface area contributed by atoms with E-state index in [1.807, 2.05) is 12.1 Å². The summed E-state index contributed by atoms with van der Waals surface area (Å²) in [6.07, 6.45) is 1.27. The fourth-order valence-electron chi connectivity index (χ4n) is 2.29. The first-order valence-electron chi connectivity index (χ1n) is 7.04. The lowest BCUT2D eigenvalue weighted by atomic mass is 9.92. The fraction of sp³-hybridized carbons (Fsp3) is 0.438. The summed E-state index contributed by atoms with van der Waals surface area (Å²) in [7, 11) is 1.32. The number of aliphatic carboxylic acids is 2. The van der Waals surface area contributed by atoms with E-state index >= 15 is 0 Å². The summed E-state index contributed by atoms with van der Waals surface area (Å²) < 4.78 is 4.61. The maximum absolute atomic E-state index is 11.3. The van der Waals surface area contributed by atoms with Gasteiger partial charge in [0.15, 0.2) is 0 Å². The molecule has 0 radical (unpaired) electrons. The molecule has 0 fully saturated rings. The van der Waals surface area contributed by atoms with E-state index in [1.54, 1.807) is 6.07 Å². The third-order valence-electron chi connectivity index (χ3n) is 3.39. The van der Waals surface area contributed by atoms with Gasteiger partial charge in [0, 0.05) is 19.3 Å². The molecule has 6 nitrogen and oxygen atoms in total. The zero-order valence-corrected chi connectivity index (χ0v) is 12.5. The van der Waals surface area contributed by atoms with Crippen LogP contribution in [-0.2, 0) is 38.4 Å². The molecule has 120 valence electrons. The molecule has 0 atom stereocenters. The van der Waals surface area contributed by atoms with Gasteiger partial charge in [-0.15, -0.1) is 0 Å². The number of carboxylic acids is 2. The number of methoxy groups -OCH3 is 1. The first-order chi connectivity index (χ1) is 10.4. The van der Waals surface area contributed by atoms with Crippen molar-refractivity contribution in [1.29, 1.82) is 0 Å². The van der Waals surface area contributed by atoms with Crippen LogP contribution in [-0.4, -0.2) is 35.2 Å². The van der Waals surface area contributed by atoms with Crippen molar-refractivity contribution in [2.24, 2.45) is 0 Å². The van der Waals surface area contributed by atoms with E-state index in [0.717, 1.165) is 16.7 Å². The highest BCUT2D eigenvalue weighted by Crippen LogP contribution is 2.20. The standard InChI is InChI=1S/C16H20O6/c1-22-16(21)10-6-12-4-2-3-11(5-8-14(17)18)13(12)7-9-15(19)20/h2-4H,5-10H2,1H3,(H,17,18)(H,19,20). The summed E-state index contributed by atoms with van der Waals surface area (Å²) in [5, 5.41) is 17.7. The van der Waals surface area contributed by atoms with Gasteiger partial charge in [0.05, 0.1) is 7.11 Å². The highest BCUT2D eigenvalue weighted by atomic mass is 16.5. The Bertz CT molecular complexity index is 550. The van der Waals surface area contributed by atoms with Gasteiger partial charge in [0.25, 0.3) is 0 Å². The van der Waals surface area contributed by atoms with Gasteiger partial charge >= 0.3 is 17.9 Å². The summed E-state index contributed by atoms with van der Waals surface area (Å²) in [4.78, 5) is 32.8. The molecule has 1 rings (SSSR count). The molecule has 0 amide bonds. The topological polar surface area (TPSA) is 101 Å². The van der Waals surface area contributed by atoms with Crippen molar-refractivity contribution in [2.45, 2.75) is 38.5 Å². The van der Waals surface area contributed by atoms with Crippen LogP contribution in [0.15, 0.2) is 18.2 Å². The Labute approximate surface area is 128 Å². The zero-order chi connectivity index (χ0) is 16.5. The molecule has 0 heterocycles. The Morgan fingerprint density at radius 1 is 0.909 bits per heavy atom. The van der Waals surface area contributed by atoms with Crippen molar-refractivity contribution >= 4 is 17.9 Å². The van der Waals surface area contributed by atoms with Crippen LogP contribution in [0.25, 0.3) is 0 Å². The fourth-order valence-corrected chi connectivity index (χ4v) is 2.29. The van der Waals surface area contributed by atoms with Gasteiger partial charge in [-0.3, -0.25) is 14.4 Å². The Morgan fingerprint density at radius 3 is 1.91 bits per heavy atom. The SMILES string of the molecule is COC(=O)CCc1cccc(CCC(=O)O)c1CCC(=O)O. The lowest BCUT2D eigenvalue weighted by Crippen LogP contribution is -2.08. The van der Waals surface area contributed by atoms with Crippen molar-refractivity contribution in [3.05, 3.63) is 34.9 Å². The summed E-state index contributed by atoms with van der Waals surface area (Å²) in [6.45, 7) is 0. The molecule has 0 unspecified atom stereocenters. The van der Waals surface area contributed by atoms with Gasteiger partial charge in [0.1, 0.15) is 0 Å². The van der Waals surface area contributed by atoms with Gasteiger partial charge in [-0.1, -0.05) is 18.2 Å². The highest BCUT2D eigenvalue weighted by Gasteiger charge is 2.13. The Balaban J connectivity index is 2.96. The maximum atomic E-state index is 11.3. The number of hydrogen-bond donors (Lipinski definition) is 2. The molecule has 0 saturated carbocycles. The van der Waals surface area contributed by atoms with Crippen LogP contribution in [0.5, 0.6) is 0 Å². The quantitative estimate of drug-likeness (QED) is 0.675. The third-order valence-corrected chi connectivity index (χ3v) is 3.39. The van der Waals surface area contributed by atoms with Gasteiger partial charge < -0.3 is 14.9 Å². The molecule has 1 aromatic carbocycles. The zero-order valence-electron chi connectivity index (χ0n) is 12.5. The summed E-state index contributed by atoms with van der Waals surface area (Å²) in [5.41, 5.74) is 2.52. The van der Waals surface area contributed by atoms with Crippen LogP contribution in [0.4, 0.5) is 0 Å². The van der Waals surface area contributed by atoms with E-state index in [1.165, 1.54) is 7.11 Å². The van der Waals surface area contributed by atoms with Gasteiger partial charge in [-0.2, -0.15) is 0 Å². The van der Waals surface area contributed by atoms with Gasteiger partial charge in [-0.25, -0.2) is 0 Å². The van der Waals surface area contributed by atoms with E-state index in [0.29, 0.717) is 19.3 Å². The summed E-state index contributed by atoms with van der Waals surface area (Å²) >= 11 is 0. The number of aryl methyl sites for hydroxylation is 2. The van der Waals surface area contributed by atoms with Crippen molar-refractivity contribution in [3.8, 4) is 0 Å². The summed E-state index contributed by atoms with van der Waals surface area (Å²) in [6, 6.07) is 5.44. The van der Waals surface area contributed by atoms with Crippen molar-refractivity contribution in [3.63, 3.8) is 0 Å². The second-order valence-electron chi connectivity index (χ2n) is 4.92. The Kier molecular flexibility index (Phi) is 7.08. The Morgan fingerprint density at radius 2 is 1.41 bits per heavy atom. The molecular formula is C16H20O6. The number of carbonyl (C=O) groups excluding carboxylic acids is 1. The van der Waals surface area contributed by atoms with Crippen LogP contribution in [0.1, 0.15) is 36.0 Å². The molecule has 0 spiro atoms. The van der Waals surface area contributed by atoms with Crippen LogP contribution in [0, 0.1) is 0 Å². The number of carbonyl (C=O) groups is 3. The molecule has 22 heavy (non-hydrogen) atoms. The molecule has 2 N–H and O–H groups in total. The smallest absolute Gasteiger partial charge is 0.305 e. The first kappa shape index (κ1) is 17.7. The van der Waals surface area contributed by atoms with Crippen LogP contribution < -0.4 is 0 Å². The molecule has 0 aromatic heterocycles. The van der Waals surface area contributed by atoms with Crippen LogP contribution >= 0.6 is 0 Å². The minimum Gasteiger partial charge on any atom is -0.481 e. The molecule has 6 heteroatoms. The van der Waals surface area contributed by atoms with Gasteiger partial charge in [0.2, 0.25) is 0 Å². The molecule has 0 aliphatic carbocycles. The maximum Gasteiger partial charge on any atom is 0.305 e. The largest absolute Gasteiger partial charge is 0.481 e. The minimum absolute atomic E-state index is 0.0134. The number of hydrogen-bond acceptors (Lipinski definition) is 4. The molecule has 1 aromatic rings. The average Bonchev–Trinajstić information content (AvgIpc) is 2.48.